The predicted molar refractivity (Wildman–Crippen MR) is 135 cm³/mol. The first-order valence-corrected chi connectivity index (χ1v) is 11.3. The van der Waals surface area contributed by atoms with Crippen LogP contribution in [0.4, 0.5) is 15.8 Å². The van der Waals surface area contributed by atoms with E-state index in [9.17, 15) is 14.0 Å². The summed E-state index contributed by atoms with van der Waals surface area (Å²) in [4.78, 5) is 25.7. The summed E-state index contributed by atoms with van der Waals surface area (Å²) in [5.41, 5.74) is 1.08. The molecule has 8 nitrogen and oxygen atoms in total. The zero-order valence-electron chi connectivity index (χ0n) is 19.8. The van der Waals surface area contributed by atoms with E-state index >= 15 is 0 Å². The van der Waals surface area contributed by atoms with E-state index in [0.29, 0.717) is 35.0 Å². The first kappa shape index (κ1) is 24.5. The molecule has 184 valence electrons. The van der Waals surface area contributed by atoms with Crippen LogP contribution in [-0.4, -0.2) is 29.3 Å². The molecule has 0 fully saturated rings. The maximum absolute atomic E-state index is 13.4. The van der Waals surface area contributed by atoms with Gasteiger partial charge in [-0.25, -0.2) is 4.39 Å². The van der Waals surface area contributed by atoms with Gasteiger partial charge in [0.25, 0.3) is 11.5 Å². The van der Waals surface area contributed by atoms with Gasteiger partial charge >= 0.3 is 0 Å². The second kappa shape index (κ2) is 11.2. The monoisotopic (exact) mass is 488 g/mol. The number of aromatic nitrogens is 2. The molecule has 36 heavy (non-hydrogen) atoms. The maximum atomic E-state index is 13.4. The predicted octanol–water partition coefficient (Wildman–Crippen LogP) is 5.06. The third-order valence-electron chi connectivity index (χ3n) is 5.25. The minimum atomic E-state index is -0.502. The van der Waals surface area contributed by atoms with Crippen molar-refractivity contribution in [3.63, 3.8) is 0 Å². The summed E-state index contributed by atoms with van der Waals surface area (Å²) in [5.74, 6) is 0.728. The lowest BCUT2D eigenvalue weighted by atomic mass is 10.2. The van der Waals surface area contributed by atoms with Crippen LogP contribution in [0.25, 0.3) is 5.69 Å². The molecule has 0 bridgehead atoms. The molecule has 1 amide bonds. The lowest BCUT2D eigenvalue weighted by Crippen LogP contribution is -2.24. The summed E-state index contributed by atoms with van der Waals surface area (Å²) in [5, 5.41) is 10.1. The Labute approximate surface area is 207 Å². The lowest BCUT2D eigenvalue weighted by Gasteiger charge is -2.15. The number of nitrogens with zero attached hydrogens (tertiary/aromatic N) is 2. The highest BCUT2D eigenvalue weighted by atomic mass is 19.1. The lowest BCUT2D eigenvalue weighted by molar-refractivity contribution is 0.0953. The van der Waals surface area contributed by atoms with Crippen LogP contribution in [-0.2, 0) is 0 Å². The molecule has 0 spiro atoms. The molecule has 0 atom stereocenters. The van der Waals surface area contributed by atoms with Crippen molar-refractivity contribution in [2.24, 2.45) is 0 Å². The van der Waals surface area contributed by atoms with Crippen LogP contribution in [0.5, 0.6) is 17.2 Å². The van der Waals surface area contributed by atoms with Crippen LogP contribution >= 0.6 is 0 Å². The van der Waals surface area contributed by atoms with Crippen LogP contribution < -0.4 is 25.7 Å². The van der Waals surface area contributed by atoms with Gasteiger partial charge in [-0.05, 0) is 79.2 Å². The van der Waals surface area contributed by atoms with Crippen molar-refractivity contribution in [3.8, 4) is 22.9 Å². The minimum absolute atomic E-state index is 0.119. The fraction of sp³-hybridized carbons (Fsp3) is 0.148. The van der Waals surface area contributed by atoms with Crippen LogP contribution in [0.3, 0.4) is 0 Å². The number of ether oxygens (including phenoxy) is 2. The van der Waals surface area contributed by atoms with Gasteiger partial charge in [0, 0.05) is 17.8 Å². The zero-order valence-corrected chi connectivity index (χ0v) is 19.8. The molecular formula is C27H25FN4O4. The van der Waals surface area contributed by atoms with E-state index in [-0.39, 0.29) is 17.3 Å². The highest BCUT2D eigenvalue weighted by Gasteiger charge is 2.16. The Balaban J connectivity index is 1.69. The van der Waals surface area contributed by atoms with E-state index in [0.717, 1.165) is 11.1 Å². The molecule has 0 saturated heterocycles. The Morgan fingerprint density at radius 2 is 1.64 bits per heavy atom. The Kier molecular flexibility index (Phi) is 7.60. The molecule has 4 aromatic rings. The number of nitrogens with one attached hydrogen (secondary N) is 2. The number of halogens is 1. The third-order valence-corrected chi connectivity index (χ3v) is 5.25. The number of carbonyl (C=O) groups excluding carboxylic acids is 1. The van der Waals surface area contributed by atoms with Gasteiger partial charge in [-0.15, -0.1) is 0 Å². The van der Waals surface area contributed by atoms with Gasteiger partial charge in [0.15, 0.2) is 11.4 Å². The third kappa shape index (κ3) is 5.69. The van der Waals surface area contributed by atoms with Crippen LogP contribution in [0, 0.1) is 5.82 Å². The van der Waals surface area contributed by atoms with E-state index in [2.05, 4.69) is 15.7 Å². The summed E-state index contributed by atoms with van der Waals surface area (Å²) in [7, 11) is 1.57. The average Bonchev–Trinajstić information content (AvgIpc) is 2.91. The van der Waals surface area contributed by atoms with Gasteiger partial charge < -0.3 is 20.1 Å². The van der Waals surface area contributed by atoms with Crippen molar-refractivity contribution >= 4 is 17.3 Å². The molecule has 1 aromatic heterocycles. The Morgan fingerprint density at radius 3 is 2.28 bits per heavy atom. The molecule has 0 unspecified atom stereocenters. The number of hydrogen-bond acceptors (Lipinski definition) is 6. The smallest absolute Gasteiger partial charge is 0.299 e. The van der Waals surface area contributed by atoms with E-state index in [1.54, 1.807) is 55.6 Å². The van der Waals surface area contributed by atoms with Crippen LogP contribution in [0.1, 0.15) is 23.7 Å². The van der Waals surface area contributed by atoms with Gasteiger partial charge in [-0.1, -0.05) is 6.92 Å². The van der Waals surface area contributed by atoms with Crippen molar-refractivity contribution in [1.82, 2.24) is 15.1 Å². The minimum Gasteiger partial charge on any atom is -0.497 e. The number of anilines is 2. The first-order valence-electron chi connectivity index (χ1n) is 11.3. The Hall–Kier alpha value is -4.66. The highest BCUT2D eigenvalue weighted by molar-refractivity contribution is 5.94. The van der Waals surface area contributed by atoms with E-state index in [1.165, 1.54) is 30.5 Å². The average molecular weight is 489 g/mol. The van der Waals surface area contributed by atoms with E-state index < -0.39 is 11.4 Å². The topological polar surface area (TPSA) is 94.5 Å². The van der Waals surface area contributed by atoms with Crippen molar-refractivity contribution in [3.05, 3.63) is 101 Å². The Morgan fingerprint density at radius 1 is 0.972 bits per heavy atom. The summed E-state index contributed by atoms with van der Waals surface area (Å²) in [6, 6.07) is 19.0. The van der Waals surface area contributed by atoms with Crippen molar-refractivity contribution in [2.45, 2.75) is 13.3 Å². The van der Waals surface area contributed by atoms with Crippen LogP contribution in [0.2, 0.25) is 0 Å². The van der Waals surface area contributed by atoms with Crippen molar-refractivity contribution in [2.75, 3.05) is 19.0 Å². The maximum Gasteiger partial charge on any atom is 0.299 e. The number of hydrogen-bond donors (Lipinski definition) is 2. The molecule has 0 aliphatic heterocycles. The number of methoxy groups -OCH3 is 1. The van der Waals surface area contributed by atoms with Gasteiger partial charge in [-0.2, -0.15) is 9.78 Å². The van der Waals surface area contributed by atoms with E-state index in [1.807, 2.05) is 6.92 Å². The molecule has 0 radical (unpaired) electrons. The van der Waals surface area contributed by atoms with Gasteiger partial charge in [0.1, 0.15) is 17.3 Å². The summed E-state index contributed by atoms with van der Waals surface area (Å²) in [6.07, 6.45) is 2.24. The largest absolute Gasteiger partial charge is 0.497 e. The summed E-state index contributed by atoms with van der Waals surface area (Å²) < 4.78 is 25.7. The van der Waals surface area contributed by atoms with Gasteiger partial charge in [0.05, 0.1) is 19.0 Å². The number of carbonyl (C=O) groups is 1. The number of amides is 1. The normalized spacial score (nSPS) is 10.5. The second-order valence-corrected chi connectivity index (χ2v) is 7.81. The van der Waals surface area contributed by atoms with Crippen LogP contribution in [0.15, 0.2) is 83.8 Å². The Bertz CT molecular complexity index is 1390. The van der Waals surface area contributed by atoms with E-state index in [4.69, 9.17) is 9.47 Å². The molecular weight excluding hydrogens is 463 g/mol. The molecule has 9 heteroatoms. The fourth-order valence-electron chi connectivity index (χ4n) is 3.36. The molecule has 4 rings (SSSR count). The summed E-state index contributed by atoms with van der Waals surface area (Å²) >= 11 is 0. The van der Waals surface area contributed by atoms with Gasteiger partial charge in [0.2, 0.25) is 0 Å². The molecule has 0 aliphatic carbocycles. The first-order chi connectivity index (χ1) is 17.5. The molecule has 3 aromatic carbocycles. The molecule has 1 heterocycles. The SMILES string of the molecule is CCCNC(=O)c1ccc(Nc2c(Oc3ccc(OC)cc3)cnn(-c3ccc(F)cc3)c2=O)cc1. The summed E-state index contributed by atoms with van der Waals surface area (Å²) in [6.45, 7) is 2.57. The quantitative estimate of drug-likeness (QED) is 0.342. The van der Waals surface area contributed by atoms with Gasteiger partial charge in [-0.3, -0.25) is 9.59 Å². The second-order valence-electron chi connectivity index (χ2n) is 7.81. The van der Waals surface area contributed by atoms with Crippen molar-refractivity contribution < 1.29 is 18.7 Å². The highest BCUT2D eigenvalue weighted by Crippen LogP contribution is 2.30. The number of benzene rings is 3. The molecule has 2 N–H and O–H groups in total. The number of rotatable bonds is 9. The zero-order chi connectivity index (χ0) is 25.5. The molecule has 0 aliphatic rings. The fourth-order valence-corrected chi connectivity index (χ4v) is 3.36. The standard InChI is InChI=1S/C27H25FN4O4/c1-3-16-29-26(33)18-4-8-20(9-5-18)31-25-24(36-23-14-12-22(35-2)13-15-23)17-30-32(27(25)34)21-10-6-19(28)7-11-21/h4-15,17,31H,3,16H2,1-2H3,(H,29,33). The molecule has 0 saturated carbocycles. The van der Waals surface area contributed by atoms with Crippen molar-refractivity contribution in [1.29, 1.82) is 0 Å².